The van der Waals surface area contributed by atoms with Crippen molar-refractivity contribution in [2.75, 3.05) is 39.9 Å². The lowest BCUT2D eigenvalue weighted by Gasteiger charge is -2.34. The molecule has 0 bridgehead atoms. The molecule has 0 saturated carbocycles. The highest BCUT2D eigenvalue weighted by Gasteiger charge is 2.32. The molecule has 0 aliphatic carbocycles. The SMILES string of the molecule is COc1cc(Nc2ccc(C3OCC(C)(C)CO3)cc2)c(S(=O)(=O)c2ccc(C)cc2)c(OC)c1OC. The maximum atomic E-state index is 13.9. The zero-order valence-corrected chi connectivity index (χ0v) is 22.8. The van der Waals surface area contributed by atoms with Gasteiger partial charge in [0, 0.05) is 22.7 Å². The van der Waals surface area contributed by atoms with Crippen molar-refractivity contribution in [2.45, 2.75) is 36.9 Å². The molecule has 1 aliphatic rings. The van der Waals surface area contributed by atoms with Gasteiger partial charge in [0.25, 0.3) is 0 Å². The molecule has 0 spiro atoms. The Labute approximate surface area is 218 Å². The van der Waals surface area contributed by atoms with Crippen molar-refractivity contribution in [1.82, 2.24) is 0 Å². The third-order valence-corrected chi connectivity index (χ3v) is 7.93. The van der Waals surface area contributed by atoms with Crippen molar-refractivity contribution in [3.05, 3.63) is 65.7 Å². The number of sulfone groups is 1. The Bertz CT molecular complexity index is 1340. The molecule has 4 rings (SSSR count). The lowest BCUT2D eigenvalue weighted by Crippen LogP contribution is -2.33. The Morgan fingerprint density at radius 3 is 2.00 bits per heavy atom. The fourth-order valence-corrected chi connectivity index (χ4v) is 5.64. The van der Waals surface area contributed by atoms with E-state index in [1.54, 1.807) is 30.3 Å². The predicted molar refractivity (Wildman–Crippen MR) is 141 cm³/mol. The smallest absolute Gasteiger partial charge is 0.212 e. The summed E-state index contributed by atoms with van der Waals surface area (Å²) in [6.07, 6.45) is -0.444. The van der Waals surface area contributed by atoms with Crippen LogP contribution in [0.15, 0.2) is 64.4 Å². The zero-order chi connectivity index (χ0) is 26.8. The summed E-state index contributed by atoms with van der Waals surface area (Å²) in [5.74, 6) is 0.562. The van der Waals surface area contributed by atoms with Crippen LogP contribution in [-0.2, 0) is 19.3 Å². The molecule has 9 heteroatoms. The van der Waals surface area contributed by atoms with E-state index in [0.717, 1.165) is 11.1 Å². The lowest BCUT2D eigenvalue weighted by molar-refractivity contribution is -0.226. The van der Waals surface area contributed by atoms with Gasteiger partial charge >= 0.3 is 0 Å². The summed E-state index contributed by atoms with van der Waals surface area (Å²) in [4.78, 5) is 0.0818. The van der Waals surface area contributed by atoms with Crippen molar-refractivity contribution in [1.29, 1.82) is 0 Å². The highest BCUT2D eigenvalue weighted by molar-refractivity contribution is 7.91. The number of ether oxygens (including phenoxy) is 5. The van der Waals surface area contributed by atoms with Gasteiger partial charge in [-0.05, 0) is 31.2 Å². The Balaban J connectivity index is 1.75. The average Bonchev–Trinajstić information content (AvgIpc) is 2.88. The molecule has 0 aromatic heterocycles. The van der Waals surface area contributed by atoms with E-state index in [9.17, 15) is 8.42 Å². The summed E-state index contributed by atoms with van der Waals surface area (Å²) >= 11 is 0. The van der Waals surface area contributed by atoms with Crippen LogP contribution in [0, 0.1) is 12.3 Å². The van der Waals surface area contributed by atoms with Crippen LogP contribution in [0.25, 0.3) is 0 Å². The third kappa shape index (κ3) is 5.53. The number of hydrogen-bond donors (Lipinski definition) is 1. The van der Waals surface area contributed by atoms with Crippen molar-refractivity contribution in [3.63, 3.8) is 0 Å². The number of nitrogens with one attached hydrogen (secondary N) is 1. The third-order valence-electron chi connectivity index (χ3n) is 6.10. The summed E-state index contributed by atoms with van der Waals surface area (Å²) < 4.78 is 56.0. The van der Waals surface area contributed by atoms with E-state index in [0.29, 0.717) is 24.7 Å². The fourth-order valence-electron chi connectivity index (χ4n) is 4.09. The minimum absolute atomic E-state index is 0.0240. The number of methoxy groups -OCH3 is 3. The fraction of sp³-hybridized carbons (Fsp3) is 0.357. The topological polar surface area (TPSA) is 92.3 Å². The number of hydrogen-bond acceptors (Lipinski definition) is 8. The van der Waals surface area contributed by atoms with Crippen molar-refractivity contribution >= 4 is 21.2 Å². The highest BCUT2D eigenvalue weighted by atomic mass is 32.2. The molecule has 1 heterocycles. The quantitative estimate of drug-likeness (QED) is 0.401. The lowest BCUT2D eigenvalue weighted by atomic mass is 9.95. The van der Waals surface area contributed by atoms with E-state index >= 15 is 0 Å². The molecule has 1 N–H and O–H groups in total. The molecule has 1 saturated heterocycles. The second-order valence-electron chi connectivity index (χ2n) is 9.70. The normalized spacial score (nSPS) is 15.7. The molecule has 0 amide bonds. The minimum atomic E-state index is -4.01. The second-order valence-corrected chi connectivity index (χ2v) is 11.6. The van der Waals surface area contributed by atoms with Gasteiger partial charge in [-0.2, -0.15) is 0 Å². The van der Waals surface area contributed by atoms with E-state index in [1.165, 1.54) is 21.3 Å². The summed E-state index contributed by atoms with van der Waals surface area (Å²) in [5.41, 5.74) is 2.75. The second kappa shape index (κ2) is 10.6. The molecule has 3 aromatic carbocycles. The molecular weight excluding hydrogens is 494 g/mol. The van der Waals surface area contributed by atoms with Crippen LogP contribution >= 0.6 is 0 Å². The average molecular weight is 528 g/mol. The summed E-state index contributed by atoms with van der Waals surface area (Å²) in [6, 6.07) is 15.7. The Morgan fingerprint density at radius 2 is 1.46 bits per heavy atom. The Hall–Kier alpha value is -3.27. The van der Waals surface area contributed by atoms with Gasteiger partial charge in [-0.15, -0.1) is 0 Å². The van der Waals surface area contributed by atoms with Crippen LogP contribution in [0.5, 0.6) is 17.2 Å². The van der Waals surface area contributed by atoms with Gasteiger partial charge in [-0.1, -0.05) is 43.7 Å². The Kier molecular flexibility index (Phi) is 7.68. The summed E-state index contributed by atoms with van der Waals surface area (Å²) in [6.45, 7) is 7.28. The molecule has 1 fully saturated rings. The molecule has 0 atom stereocenters. The van der Waals surface area contributed by atoms with E-state index in [-0.39, 0.29) is 32.4 Å². The predicted octanol–water partition coefficient (Wildman–Crippen LogP) is 5.67. The summed E-state index contributed by atoms with van der Waals surface area (Å²) in [5, 5.41) is 3.23. The minimum Gasteiger partial charge on any atom is -0.493 e. The van der Waals surface area contributed by atoms with E-state index in [1.807, 2.05) is 31.2 Å². The molecule has 3 aromatic rings. The highest BCUT2D eigenvalue weighted by Crippen LogP contribution is 2.48. The number of aryl methyl sites for hydroxylation is 1. The number of anilines is 2. The van der Waals surface area contributed by atoms with E-state index < -0.39 is 16.1 Å². The zero-order valence-electron chi connectivity index (χ0n) is 22.0. The Morgan fingerprint density at radius 1 is 0.865 bits per heavy atom. The molecule has 8 nitrogen and oxygen atoms in total. The standard InChI is InChI=1S/C28H33NO7S/c1-18-7-13-21(14-8-18)37(30,31)26-22(15-23(32-4)24(33-5)25(26)34-6)29-20-11-9-19(10-12-20)27-35-16-28(2,3)17-36-27/h7-15,27,29H,16-17H2,1-6H3. The molecule has 1 aliphatic heterocycles. The van der Waals surface area contributed by atoms with Crippen LogP contribution in [0.1, 0.15) is 31.3 Å². The van der Waals surface area contributed by atoms with Crippen molar-refractivity contribution < 1.29 is 32.1 Å². The van der Waals surface area contributed by atoms with E-state index in [4.69, 9.17) is 23.7 Å². The maximum absolute atomic E-state index is 13.9. The monoisotopic (exact) mass is 527 g/mol. The number of benzene rings is 3. The van der Waals surface area contributed by atoms with Gasteiger partial charge < -0.3 is 29.0 Å². The maximum Gasteiger partial charge on any atom is 0.212 e. The molecule has 0 unspecified atom stereocenters. The summed E-state index contributed by atoms with van der Waals surface area (Å²) in [7, 11) is 0.309. The van der Waals surface area contributed by atoms with Gasteiger partial charge in [-0.3, -0.25) is 0 Å². The van der Waals surface area contributed by atoms with Gasteiger partial charge in [0.2, 0.25) is 15.6 Å². The first-order valence-electron chi connectivity index (χ1n) is 11.8. The van der Waals surface area contributed by atoms with Crippen LogP contribution in [0.4, 0.5) is 11.4 Å². The van der Waals surface area contributed by atoms with Gasteiger partial charge in [-0.25, -0.2) is 8.42 Å². The van der Waals surface area contributed by atoms with E-state index in [2.05, 4.69) is 19.2 Å². The van der Waals surface area contributed by atoms with Crippen LogP contribution in [0.2, 0.25) is 0 Å². The van der Waals surface area contributed by atoms with Gasteiger partial charge in [0.15, 0.2) is 17.8 Å². The van der Waals surface area contributed by atoms with Crippen LogP contribution in [0.3, 0.4) is 0 Å². The van der Waals surface area contributed by atoms with Crippen molar-refractivity contribution in [3.8, 4) is 17.2 Å². The van der Waals surface area contributed by atoms with Gasteiger partial charge in [0.1, 0.15) is 4.90 Å². The largest absolute Gasteiger partial charge is 0.493 e. The van der Waals surface area contributed by atoms with Crippen molar-refractivity contribution in [2.24, 2.45) is 5.41 Å². The molecule has 198 valence electrons. The first kappa shape index (κ1) is 26.8. The first-order chi connectivity index (χ1) is 17.6. The molecule has 0 radical (unpaired) electrons. The van der Waals surface area contributed by atoms with Crippen LogP contribution < -0.4 is 19.5 Å². The van der Waals surface area contributed by atoms with Gasteiger partial charge in [0.05, 0.1) is 45.1 Å². The molecular formula is C28H33NO7S. The molecule has 37 heavy (non-hydrogen) atoms. The van der Waals surface area contributed by atoms with Crippen LogP contribution in [-0.4, -0.2) is 43.0 Å². The first-order valence-corrected chi connectivity index (χ1v) is 13.3. The number of rotatable bonds is 8.